The van der Waals surface area contributed by atoms with Crippen LogP contribution in [0.15, 0.2) is 29.2 Å². The predicted molar refractivity (Wildman–Crippen MR) is 129 cm³/mol. The SMILES string of the molecule is COCC(C)n1c(C)cc(C(=O)COC(=O)c2ccc(C)c(S(=O)(=O)N3CCCCC3)c2)c1C. The minimum absolute atomic E-state index is 0.0573. The van der Waals surface area contributed by atoms with Crippen LogP contribution in [0.5, 0.6) is 0 Å². The Morgan fingerprint density at radius 3 is 2.38 bits per heavy atom. The Hall–Kier alpha value is -2.49. The number of aromatic nitrogens is 1. The molecule has 1 aromatic heterocycles. The van der Waals surface area contributed by atoms with E-state index in [0.717, 1.165) is 30.7 Å². The number of Topliss-reactive ketones (excluding diaryl/α,β-unsaturated/α-hetero) is 1. The quantitative estimate of drug-likeness (QED) is 0.392. The zero-order valence-electron chi connectivity index (χ0n) is 20.6. The Bertz CT molecular complexity index is 1160. The number of aryl methyl sites for hydroxylation is 2. The molecule has 9 heteroatoms. The van der Waals surface area contributed by atoms with Crippen LogP contribution in [0.4, 0.5) is 0 Å². The van der Waals surface area contributed by atoms with Gasteiger partial charge in [-0.1, -0.05) is 12.5 Å². The topological polar surface area (TPSA) is 94.9 Å². The molecule has 8 nitrogen and oxygen atoms in total. The molecule has 0 spiro atoms. The zero-order valence-corrected chi connectivity index (χ0v) is 21.4. The summed E-state index contributed by atoms with van der Waals surface area (Å²) in [6.07, 6.45) is 2.67. The first kappa shape index (κ1) is 26.1. The molecule has 1 aliphatic rings. The van der Waals surface area contributed by atoms with E-state index in [2.05, 4.69) is 0 Å². The van der Waals surface area contributed by atoms with Crippen LogP contribution in [0.3, 0.4) is 0 Å². The van der Waals surface area contributed by atoms with E-state index in [-0.39, 0.29) is 22.3 Å². The van der Waals surface area contributed by atoms with Crippen molar-refractivity contribution in [1.82, 2.24) is 8.87 Å². The van der Waals surface area contributed by atoms with Crippen molar-refractivity contribution < 1.29 is 27.5 Å². The second-order valence-corrected chi connectivity index (χ2v) is 10.8. The lowest BCUT2D eigenvalue weighted by Crippen LogP contribution is -2.36. The second kappa shape index (κ2) is 10.8. The molecule has 0 bridgehead atoms. The molecular formula is C25H34N2O6S. The molecule has 2 aromatic rings. The van der Waals surface area contributed by atoms with Crippen molar-refractivity contribution in [3.05, 3.63) is 52.3 Å². The highest BCUT2D eigenvalue weighted by Crippen LogP contribution is 2.25. The molecule has 1 aromatic carbocycles. The lowest BCUT2D eigenvalue weighted by molar-refractivity contribution is 0.0474. The molecule has 0 radical (unpaired) electrons. The number of rotatable bonds is 9. The summed E-state index contributed by atoms with van der Waals surface area (Å²) in [5.74, 6) is -1.05. The lowest BCUT2D eigenvalue weighted by Gasteiger charge is -2.26. The summed E-state index contributed by atoms with van der Waals surface area (Å²) >= 11 is 0. The molecule has 0 aliphatic carbocycles. The Morgan fingerprint density at radius 1 is 1.06 bits per heavy atom. The Balaban J connectivity index is 1.74. The molecule has 1 fully saturated rings. The fourth-order valence-electron chi connectivity index (χ4n) is 4.59. The average Bonchev–Trinajstić information content (AvgIpc) is 3.12. The van der Waals surface area contributed by atoms with Gasteiger partial charge in [-0.2, -0.15) is 4.31 Å². The smallest absolute Gasteiger partial charge is 0.338 e. The highest BCUT2D eigenvalue weighted by molar-refractivity contribution is 7.89. The summed E-state index contributed by atoms with van der Waals surface area (Å²) in [6, 6.07) is 6.31. The van der Waals surface area contributed by atoms with Gasteiger partial charge in [-0.15, -0.1) is 0 Å². The number of piperidine rings is 1. The van der Waals surface area contributed by atoms with Crippen LogP contribution in [0, 0.1) is 20.8 Å². The second-order valence-electron chi connectivity index (χ2n) is 8.90. The lowest BCUT2D eigenvalue weighted by atomic mass is 10.1. The number of methoxy groups -OCH3 is 1. The van der Waals surface area contributed by atoms with Gasteiger partial charge in [0.05, 0.1) is 23.1 Å². The summed E-state index contributed by atoms with van der Waals surface area (Å²) < 4.78 is 40.2. The molecule has 34 heavy (non-hydrogen) atoms. The highest BCUT2D eigenvalue weighted by Gasteiger charge is 2.28. The van der Waals surface area contributed by atoms with Gasteiger partial charge >= 0.3 is 5.97 Å². The minimum Gasteiger partial charge on any atom is -0.454 e. The first-order valence-corrected chi connectivity index (χ1v) is 13.0. The van der Waals surface area contributed by atoms with Crippen LogP contribution in [-0.2, 0) is 19.5 Å². The van der Waals surface area contributed by atoms with Crippen molar-refractivity contribution in [2.45, 2.75) is 57.9 Å². The van der Waals surface area contributed by atoms with E-state index in [0.29, 0.717) is 30.8 Å². The highest BCUT2D eigenvalue weighted by atomic mass is 32.2. The van der Waals surface area contributed by atoms with E-state index in [1.807, 2.05) is 25.3 Å². The maximum atomic E-state index is 13.1. The van der Waals surface area contributed by atoms with Gasteiger partial charge < -0.3 is 14.0 Å². The van der Waals surface area contributed by atoms with Gasteiger partial charge in [-0.3, -0.25) is 4.79 Å². The standard InChI is InChI=1S/C25H34N2O6S/c1-17-9-10-21(14-24(17)34(30,31)26-11-7-6-8-12-26)25(29)33-16-23(28)22-13-18(2)27(20(22)4)19(3)15-32-5/h9-10,13-14,19H,6-8,11-12,15-16H2,1-5H3. The molecule has 0 amide bonds. The van der Waals surface area contributed by atoms with E-state index in [1.165, 1.54) is 16.4 Å². The third-order valence-electron chi connectivity index (χ3n) is 6.32. The van der Waals surface area contributed by atoms with Gasteiger partial charge in [0.1, 0.15) is 0 Å². The van der Waals surface area contributed by atoms with E-state index in [9.17, 15) is 18.0 Å². The van der Waals surface area contributed by atoms with Gasteiger partial charge in [-0.25, -0.2) is 13.2 Å². The fraction of sp³-hybridized carbons (Fsp3) is 0.520. The molecule has 1 aliphatic heterocycles. The number of carbonyl (C=O) groups is 2. The van der Waals surface area contributed by atoms with Crippen LogP contribution >= 0.6 is 0 Å². The molecule has 1 unspecified atom stereocenters. The van der Waals surface area contributed by atoms with Crippen LogP contribution in [0.1, 0.15) is 69.9 Å². The van der Waals surface area contributed by atoms with E-state index in [1.54, 1.807) is 26.2 Å². The molecule has 0 saturated carbocycles. The fourth-order valence-corrected chi connectivity index (χ4v) is 6.36. The van der Waals surface area contributed by atoms with E-state index in [4.69, 9.17) is 9.47 Å². The van der Waals surface area contributed by atoms with E-state index < -0.39 is 22.6 Å². The van der Waals surface area contributed by atoms with Crippen LogP contribution < -0.4 is 0 Å². The van der Waals surface area contributed by atoms with Crippen molar-refractivity contribution in [2.24, 2.45) is 0 Å². The molecule has 1 saturated heterocycles. The van der Waals surface area contributed by atoms with Crippen molar-refractivity contribution in [3.63, 3.8) is 0 Å². The number of esters is 1. The number of hydrogen-bond acceptors (Lipinski definition) is 6. The predicted octanol–water partition coefficient (Wildman–Crippen LogP) is 3.84. The van der Waals surface area contributed by atoms with Crippen LogP contribution in [0.2, 0.25) is 0 Å². The third-order valence-corrected chi connectivity index (χ3v) is 8.37. The first-order chi connectivity index (χ1) is 16.1. The van der Waals surface area contributed by atoms with Crippen molar-refractivity contribution in [1.29, 1.82) is 0 Å². The summed E-state index contributed by atoms with van der Waals surface area (Å²) in [6.45, 7) is 8.52. The number of sulfonamides is 1. The van der Waals surface area contributed by atoms with Gasteiger partial charge in [0.15, 0.2) is 6.61 Å². The molecule has 3 rings (SSSR count). The Morgan fingerprint density at radius 2 is 1.74 bits per heavy atom. The summed E-state index contributed by atoms with van der Waals surface area (Å²) in [7, 11) is -2.07. The number of hydrogen-bond donors (Lipinski definition) is 0. The maximum Gasteiger partial charge on any atom is 0.338 e. The van der Waals surface area contributed by atoms with Crippen molar-refractivity contribution in [2.75, 3.05) is 33.4 Å². The molecule has 186 valence electrons. The molecule has 2 heterocycles. The minimum atomic E-state index is -3.70. The van der Waals surface area contributed by atoms with E-state index >= 15 is 0 Å². The maximum absolute atomic E-state index is 13.1. The average molecular weight is 491 g/mol. The molecular weight excluding hydrogens is 456 g/mol. The molecule has 0 N–H and O–H groups in total. The number of ketones is 1. The number of nitrogens with zero attached hydrogens (tertiary/aromatic N) is 2. The first-order valence-electron chi connectivity index (χ1n) is 11.6. The normalized spacial score (nSPS) is 15.8. The zero-order chi connectivity index (χ0) is 25.0. The van der Waals surface area contributed by atoms with Gasteiger partial charge in [0.2, 0.25) is 15.8 Å². The number of carbonyl (C=O) groups excluding carboxylic acids is 2. The largest absolute Gasteiger partial charge is 0.454 e. The van der Waals surface area contributed by atoms with Crippen molar-refractivity contribution in [3.8, 4) is 0 Å². The Labute approximate surface area is 201 Å². The summed E-state index contributed by atoms with van der Waals surface area (Å²) in [4.78, 5) is 25.6. The third kappa shape index (κ3) is 5.42. The van der Waals surface area contributed by atoms with Gasteiger partial charge in [-0.05, 0) is 64.3 Å². The van der Waals surface area contributed by atoms with Crippen LogP contribution in [0.25, 0.3) is 0 Å². The van der Waals surface area contributed by atoms with Gasteiger partial charge in [0, 0.05) is 37.2 Å². The Kier molecular flexibility index (Phi) is 8.33. The number of ether oxygens (including phenoxy) is 2. The van der Waals surface area contributed by atoms with Crippen LogP contribution in [-0.4, -0.2) is 62.5 Å². The monoisotopic (exact) mass is 490 g/mol. The molecule has 1 atom stereocenters. The summed E-state index contributed by atoms with van der Waals surface area (Å²) in [5, 5.41) is 0. The van der Waals surface area contributed by atoms with Gasteiger partial charge in [0.25, 0.3) is 0 Å². The summed E-state index contributed by atoms with van der Waals surface area (Å²) in [5.41, 5.74) is 2.87. The van der Waals surface area contributed by atoms with Crippen molar-refractivity contribution >= 4 is 21.8 Å². The number of benzene rings is 1.